The van der Waals surface area contributed by atoms with Gasteiger partial charge in [-0.05, 0) is 74.2 Å². The van der Waals surface area contributed by atoms with Crippen LogP contribution in [-0.4, -0.2) is 60.9 Å². The molecule has 1 atom stereocenters. The molecule has 1 fully saturated rings. The van der Waals surface area contributed by atoms with Gasteiger partial charge in [-0.1, -0.05) is 17.7 Å². The highest BCUT2D eigenvalue weighted by Crippen LogP contribution is 2.31. The molecule has 0 bridgehead atoms. The maximum Gasteiger partial charge on any atom is 0.253 e. The van der Waals surface area contributed by atoms with Gasteiger partial charge >= 0.3 is 0 Å². The molecule has 6 nitrogen and oxygen atoms in total. The summed E-state index contributed by atoms with van der Waals surface area (Å²) in [5.74, 6) is 0.936. The second kappa shape index (κ2) is 11.5. The van der Waals surface area contributed by atoms with Gasteiger partial charge in [-0.25, -0.2) is 0 Å². The molecule has 1 saturated heterocycles. The first-order valence-electron chi connectivity index (χ1n) is 11.5. The normalized spacial score (nSPS) is 15.2. The lowest BCUT2D eigenvalue weighted by Gasteiger charge is -2.39. The Hall–Kier alpha value is -2.57. The van der Waals surface area contributed by atoms with E-state index in [2.05, 4.69) is 37.1 Å². The molecule has 1 aliphatic rings. The van der Waals surface area contributed by atoms with Gasteiger partial charge in [-0.15, -0.1) is 0 Å². The lowest BCUT2D eigenvalue weighted by atomic mass is 9.96. The fourth-order valence-corrected chi connectivity index (χ4v) is 4.35. The summed E-state index contributed by atoms with van der Waals surface area (Å²) < 4.78 is 5.95. The number of benzene rings is 2. The van der Waals surface area contributed by atoms with Gasteiger partial charge in [0.15, 0.2) is 0 Å². The molecule has 2 aromatic rings. The number of carbonyl (C=O) groups is 2. The summed E-state index contributed by atoms with van der Waals surface area (Å²) in [5.41, 5.74) is 4.35. The Morgan fingerprint density at radius 3 is 2.33 bits per heavy atom. The molecule has 1 N–H and O–H groups in total. The minimum absolute atomic E-state index is 0.0180. The van der Waals surface area contributed by atoms with E-state index in [1.54, 1.807) is 24.3 Å². The smallest absolute Gasteiger partial charge is 0.253 e. The van der Waals surface area contributed by atoms with Crippen LogP contribution in [0.3, 0.4) is 0 Å². The van der Waals surface area contributed by atoms with Gasteiger partial charge in [0.2, 0.25) is 5.91 Å². The van der Waals surface area contributed by atoms with Crippen LogP contribution in [0.5, 0.6) is 5.75 Å². The molecule has 2 amide bonds. The van der Waals surface area contributed by atoms with E-state index < -0.39 is 0 Å². The van der Waals surface area contributed by atoms with Crippen LogP contribution in [0.25, 0.3) is 0 Å². The van der Waals surface area contributed by atoms with Crippen LogP contribution in [0.2, 0.25) is 5.02 Å². The monoisotopic (exact) mass is 471 g/mol. The summed E-state index contributed by atoms with van der Waals surface area (Å²) in [4.78, 5) is 28.1. The molecule has 1 unspecified atom stereocenters. The number of hydrogen-bond acceptors (Lipinski definition) is 4. The van der Waals surface area contributed by atoms with Gasteiger partial charge in [-0.2, -0.15) is 0 Å². The predicted octanol–water partition coefficient (Wildman–Crippen LogP) is 4.38. The van der Waals surface area contributed by atoms with Crippen molar-refractivity contribution in [1.82, 2.24) is 15.1 Å². The second-order valence-corrected chi connectivity index (χ2v) is 9.04. The van der Waals surface area contributed by atoms with Gasteiger partial charge in [-0.3, -0.25) is 14.5 Å². The summed E-state index contributed by atoms with van der Waals surface area (Å²) in [6.07, 6.45) is 0.773. The molecular formula is C26H34ClN3O3. The Morgan fingerprint density at radius 2 is 1.70 bits per heavy atom. The number of piperazine rings is 1. The zero-order valence-corrected chi connectivity index (χ0v) is 20.7. The van der Waals surface area contributed by atoms with Crippen LogP contribution in [0.4, 0.5) is 0 Å². The largest absolute Gasteiger partial charge is 0.493 e. The van der Waals surface area contributed by atoms with E-state index >= 15 is 0 Å². The zero-order chi connectivity index (χ0) is 24.0. The molecule has 0 radical (unpaired) electrons. The zero-order valence-electron chi connectivity index (χ0n) is 20.0. The molecule has 7 heteroatoms. The number of rotatable bonds is 8. The van der Waals surface area contributed by atoms with Gasteiger partial charge in [0.25, 0.3) is 5.91 Å². The Balaban J connectivity index is 1.56. The summed E-state index contributed by atoms with van der Waals surface area (Å²) in [6, 6.07) is 11.5. The van der Waals surface area contributed by atoms with Crippen molar-refractivity contribution in [1.29, 1.82) is 0 Å². The minimum atomic E-state index is -0.0180. The van der Waals surface area contributed by atoms with E-state index in [0.717, 1.165) is 30.8 Å². The Morgan fingerprint density at radius 1 is 1.03 bits per heavy atom. The molecule has 0 spiro atoms. The van der Waals surface area contributed by atoms with Crippen LogP contribution < -0.4 is 10.1 Å². The maximum absolute atomic E-state index is 12.8. The standard InChI is InChI=1S/C26H34ClN3O3/c1-18-19(2)25(33-17-5-12-28-21(4)31)11-10-24(18)20(3)29-13-15-30(16-14-29)26(32)22-6-8-23(27)9-7-22/h6-11,20H,5,12-17H2,1-4H3,(H,28,31). The van der Waals surface area contributed by atoms with E-state index in [1.807, 2.05) is 11.0 Å². The molecule has 0 aliphatic carbocycles. The third-order valence-corrected chi connectivity index (χ3v) is 6.67. The average Bonchev–Trinajstić information content (AvgIpc) is 2.81. The summed E-state index contributed by atoms with van der Waals surface area (Å²) in [7, 11) is 0. The van der Waals surface area contributed by atoms with Gasteiger partial charge < -0.3 is 15.0 Å². The summed E-state index contributed by atoms with van der Waals surface area (Å²) in [5, 5.41) is 3.42. The van der Waals surface area contributed by atoms with Gasteiger partial charge in [0, 0.05) is 56.3 Å². The average molecular weight is 472 g/mol. The first kappa shape index (κ1) is 25.1. The van der Waals surface area contributed by atoms with Crippen molar-refractivity contribution in [2.24, 2.45) is 0 Å². The number of nitrogens with one attached hydrogen (secondary N) is 1. The first-order chi connectivity index (χ1) is 15.8. The van der Waals surface area contributed by atoms with E-state index in [9.17, 15) is 9.59 Å². The van der Waals surface area contributed by atoms with Crippen LogP contribution in [0.1, 0.15) is 53.4 Å². The number of halogens is 1. The van der Waals surface area contributed by atoms with Crippen molar-refractivity contribution in [2.75, 3.05) is 39.3 Å². The second-order valence-electron chi connectivity index (χ2n) is 8.60. The van der Waals surface area contributed by atoms with Crippen molar-refractivity contribution >= 4 is 23.4 Å². The topological polar surface area (TPSA) is 61.9 Å². The Kier molecular flexibility index (Phi) is 8.75. The molecule has 0 saturated carbocycles. The highest BCUT2D eigenvalue weighted by atomic mass is 35.5. The van der Waals surface area contributed by atoms with E-state index in [1.165, 1.54) is 18.1 Å². The fourth-order valence-electron chi connectivity index (χ4n) is 4.23. The third kappa shape index (κ3) is 6.49. The molecule has 3 rings (SSSR count). The molecule has 1 aliphatic heterocycles. The van der Waals surface area contributed by atoms with Gasteiger partial charge in [0.05, 0.1) is 6.61 Å². The highest BCUT2D eigenvalue weighted by Gasteiger charge is 2.26. The summed E-state index contributed by atoms with van der Waals surface area (Å²) in [6.45, 7) is 12.3. The minimum Gasteiger partial charge on any atom is -0.493 e. The molecule has 33 heavy (non-hydrogen) atoms. The quantitative estimate of drug-likeness (QED) is 0.580. The number of carbonyl (C=O) groups excluding carboxylic acids is 2. The Bertz CT molecular complexity index is 969. The third-order valence-electron chi connectivity index (χ3n) is 6.42. The molecule has 1 heterocycles. The number of nitrogens with zero attached hydrogens (tertiary/aromatic N) is 2. The molecular weight excluding hydrogens is 438 g/mol. The molecule has 0 aromatic heterocycles. The maximum atomic E-state index is 12.8. The number of hydrogen-bond donors (Lipinski definition) is 1. The SMILES string of the molecule is CC(=O)NCCCOc1ccc(C(C)N2CCN(C(=O)c3ccc(Cl)cc3)CC2)c(C)c1C. The predicted molar refractivity (Wildman–Crippen MR) is 132 cm³/mol. The van der Waals surface area contributed by atoms with Crippen LogP contribution in [0.15, 0.2) is 36.4 Å². The van der Waals surface area contributed by atoms with Crippen molar-refractivity contribution in [3.63, 3.8) is 0 Å². The fraction of sp³-hybridized carbons (Fsp3) is 0.462. The number of ether oxygens (including phenoxy) is 1. The van der Waals surface area contributed by atoms with E-state index in [4.69, 9.17) is 16.3 Å². The van der Waals surface area contributed by atoms with Crippen molar-refractivity contribution in [3.05, 3.63) is 63.7 Å². The molecule has 2 aromatic carbocycles. The lowest BCUT2D eigenvalue weighted by Crippen LogP contribution is -2.49. The Labute approximate surface area is 201 Å². The van der Waals surface area contributed by atoms with Crippen molar-refractivity contribution in [3.8, 4) is 5.75 Å². The first-order valence-corrected chi connectivity index (χ1v) is 11.9. The van der Waals surface area contributed by atoms with Crippen LogP contribution in [0, 0.1) is 13.8 Å². The highest BCUT2D eigenvalue weighted by molar-refractivity contribution is 6.30. The number of amides is 2. The van der Waals surface area contributed by atoms with Crippen LogP contribution in [-0.2, 0) is 4.79 Å². The molecule has 178 valence electrons. The van der Waals surface area contributed by atoms with E-state index in [0.29, 0.717) is 36.8 Å². The van der Waals surface area contributed by atoms with Gasteiger partial charge in [0.1, 0.15) is 5.75 Å². The van der Waals surface area contributed by atoms with Crippen LogP contribution >= 0.6 is 11.6 Å². The van der Waals surface area contributed by atoms with Crippen molar-refractivity contribution < 1.29 is 14.3 Å². The van der Waals surface area contributed by atoms with Crippen molar-refractivity contribution in [2.45, 2.75) is 40.2 Å². The van der Waals surface area contributed by atoms with E-state index in [-0.39, 0.29) is 17.9 Å². The summed E-state index contributed by atoms with van der Waals surface area (Å²) >= 11 is 5.94. The lowest BCUT2D eigenvalue weighted by molar-refractivity contribution is -0.118.